The van der Waals surface area contributed by atoms with Crippen LogP contribution in [-0.4, -0.2) is 0 Å². The van der Waals surface area contributed by atoms with Crippen molar-refractivity contribution in [3.05, 3.63) is 0 Å². The molecule has 6 N–H and O–H groups in total. The minimum absolute atomic E-state index is 0.750. The summed E-state index contributed by atoms with van der Waals surface area (Å²) in [4.78, 5) is 0. The van der Waals surface area contributed by atoms with Crippen molar-refractivity contribution in [3.63, 3.8) is 0 Å². The fraction of sp³-hybridized carbons (Fsp3) is 0. The highest BCUT2D eigenvalue weighted by Gasteiger charge is 1.28. The number of hydrogen-bond donors (Lipinski definition) is 4. The molecule has 0 aliphatic heterocycles. The monoisotopic (exact) mass is 100 g/mol. The zero-order chi connectivity index (χ0) is 5.41. The van der Waals surface area contributed by atoms with Crippen molar-refractivity contribution in [2.45, 2.75) is 0 Å². The number of nitrogens with two attached hydrogens (primary N) is 2. The molecule has 0 aliphatic rings. The molecule has 0 fully saturated rings. The first-order valence-corrected chi connectivity index (χ1v) is 0.955. The summed E-state index contributed by atoms with van der Waals surface area (Å²) in [5.74, 6) is 7.86. The van der Waals surface area contributed by atoms with Gasteiger partial charge in [-0.1, -0.05) is 11.3 Å². The van der Waals surface area contributed by atoms with Crippen LogP contribution in [0.5, 0.6) is 0 Å². The van der Waals surface area contributed by atoms with Crippen LogP contribution in [0, 0.1) is 0 Å². The van der Waals surface area contributed by atoms with Crippen LogP contribution in [0.15, 0.2) is 0 Å². The van der Waals surface area contributed by atoms with Gasteiger partial charge in [-0.2, -0.15) is 0 Å². The lowest BCUT2D eigenvalue weighted by molar-refractivity contribution is 0.344. The van der Waals surface area contributed by atoms with Crippen molar-refractivity contribution in [2.24, 2.45) is 11.7 Å². The maximum absolute atomic E-state index is 9.82. The van der Waals surface area contributed by atoms with E-state index in [2.05, 4.69) is 11.7 Å². The van der Waals surface area contributed by atoms with Gasteiger partial charge in [-0.3, -0.25) is 0 Å². The fourth-order valence-electron chi connectivity index (χ4n) is 0. The molecule has 0 amide bonds. The molecule has 0 aliphatic carbocycles. The Kier molecular flexibility index (Phi) is 34.1. The zero-order valence-corrected chi connectivity index (χ0v) is 2.91. The summed E-state index contributed by atoms with van der Waals surface area (Å²) < 4.78 is 19.6. The number of hydrogen-bond acceptors (Lipinski definition) is 4. The van der Waals surface area contributed by atoms with Crippen molar-refractivity contribution < 1.29 is 8.96 Å². The molecule has 4 nitrogen and oxygen atoms in total. The van der Waals surface area contributed by atoms with E-state index in [0.717, 1.165) is 11.3 Å². The fourth-order valence-corrected chi connectivity index (χ4v) is 0. The molecule has 0 saturated heterocycles. The van der Waals surface area contributed by atoms with Gasteiger partial charge in [-0.05, 0) is 0 Å². The minimum atomic E-state index is 0.750. The Morgan fingerprint density at radius 1 is 1.00 bits per heavy atom. The summed E-state index contributed by atoms with van der Waals surface area (Å²) in [6, 6.07) is 0. The van der Waals surface area contributed by atoms with Crippen LogP contribution in [0.1, 0.15) is 0 Å². The topological polar surface area (TPSA) is 76.1 Å². The summed E-state index contributed by atoms with van der Waals surface area (Å²) in [5.41, 5.74) is 1.50. The van der Waals surface area contributed by atoms with Crippen molar-refractivity contribution in [3.8, 4) is 0 Å². The first kappa shape index (κ1) is 9.20. The first-order valence-electron chi connectivity index (χ1n) is 0.955. The van der Waals surface area contributed by atoms with Crippen molar-refractivity contribution >= 4 is 0 Å². The molecule has 0 atom stereocenters. The zero-order valence-electron chi connectivity index (χ0n) is 2.91. The van der Waals surface area contributed by atoms with Gasteiger partial charge in [0.2, 0.25) is 0 Å². The van der Waals surface area contributed by atoms with E-state index in [-0.39, 0.29) is 0 Å². The molecule has 0 spiro atoms. The predicted octanol–water partition coefficient (Wildman–Crippen LogP) is -1.33. The maximum atomic E-state index is 9.82. The molecule has 0 unspecified atom stereocenters. The molecular weight excluding hydrogens is 94.0 g/mol. The van der Waals surface area contributed by atoms with Gasteiger partial charge in [-0.15, -0.1) is 8.96 Å². The van der Waals surface area contributed by atoms with E-state index in [9.17, 15) is 8.96 Å². The van der Waals surface area contributed by atoms with Crippen LogP contribution >= 0.6 is 0 Å². The lowest BCUT2D eigenvalue weighted by Crippen LogP contribution is -2.07. The van der Waals surface area contributed by atoms with Crippen LogP contribution < -0.4 is 23.0 Å². The molecule has 0 saturated carbocycles. The van der Waals surface area contributed by atoms with Gasteiger partial charge in [0.25, 0.3) is 0 Å². The van der Waals surface area contributed by atoms with Crippen LogP contribution in [0.3, 0.4) is 0 Å². The highest BCUT2D eigenvalue weighted by Crippen LogP contribution is 1.14. The second kappa shape index (κ2) is 22.3. The van der Waals surface area contributed by atoms with Gasteiger partial charge < -0.3 is 0 Å². The summed E-state index contributed by atoms with van der Waals surface area (Å²) in [6.45, 7) is 0. The normalized spacial score (nSPS) is 6.00. The second-order valence-corrected chi connectivity index (χ2v) is 0.218. The smallest absolute Gasteiger partial charge is 0.0956 e. The van der Waals surface area contributed by atoms with E-state index < -0.39 is 0 Å². The molecule has 0 aromatic rings. The van der Waals surface area contributed by atoms with E-state index in [1.807, 2.05) is 0 Å². The molecule has 6 heavy (non-hydrogen) atoms. The number of nitrogens with one attached hydrogen (secondary N) is 2. The molecule has 0 aromatic carbocycles. The largest absolute Gasteiger partial charge is 0.244 e. The highest BCUT2D eigenvalue weighted by molar-refractivity contribution is 3.45. The van der Waals surface area contributed by atoms with E-state index in [0.29, 0.717) is 0 Å². The Labute approximate surface area is 33.3 Å². The molecular formula is H6F2N4. The molecule has 40 valence electrons. The summed E-state index contributed by atoms with van der Waals surface area (Å²) >= 11 is 0. The van der Waals surface area contributed by atoms with Gasteiger partial charge in [0.1, 0.15) is 0 Å². The Balaban J connectivity index is 0. The van der Waals surface area contributed by atoms with Gasteiger partial charge >= 0.3 is 0 Å². The van der Waals surface area contributed by atoms with Crippen LogP contribution in [0.4, 0.5) is 8.96 Å². The molecule has 0 rings (SSSR count). The second-order valence-electron chi connectivity index (χ2n) is 0.218. The van der Waals surface area contributed by atoms with Gasteiger partial charge in [-0.25, -0.2) is 11.7 Å². The third kappa shape index (κ3) is 300. The van der Waals surface area contributed by atoms with Crippen LogP contribution in [-0.2, 0) is 0 Å². The van der Waals surface area contributed by atoms with E-state index in [1.54, 1.807) is 0 Å². The summed E-state index contributed by atoms with van der Waals surface area (Å²) in [7, 11) is 0. The van der Waals surface area contributed by atoms with E-state index >= 15 is 0 Å². The van der Waals surface area contributed by atoms with Crippen molar-refractivity contribution in [2.75, 3.05) is 0 Å². The molecule has 0 aromatic heterocycles. The Morgan fingerprint density at radius 3 is 1.00 bits per heavy atom. The maximum Gasteiger partial charge on any atom is -0.0956 e. The van der Waals surface area contributed by atoms with E-state index in [4.69, 9.17) is 0 Å². The predicted molar refractivity (Wildman–Crippen MR) is 16.9 cm³/mol. The van der Waals surface area contributed by atoms with Gasteiger partial charge in [0.05, 0.1) is 0 Å². The van der Waals surface area contributed by atoms with Gasteiger partial charge in [0, 0.05) is 0 Å². The third-order valence-corrected chi connectivity index (χ3v) is 0. The average molecular weight is 100 g/mol. The SMILES string of the molecule is NNF.NNF. The highest BCUT2D eigenvalue weighted by atomic mass is 19.2. The summed E-state index contributed by atoms with van der Waals surface area (Å²) in [5, 5.41) is 0. The third-order valence-electron chi connectivity index (χ3n) is 0. The van der Waals surface area contributed by atoms with E-state index in [1.165, 1.54) is 0 Å². The Morgan fingerprint density at radius 2 is 1.00 bits per heavy atom. The standard InChI is InChI=1S/2FH3N2/c2*1-3-2/h2*3H,2H2. The summed E-state index contributed by atoms with van der Waals surface area (Å²) in [6.07, 6.45) is 0. The minimum Gasteiger partial charge on any atom is -0.244 e. The molecule has 0 bridgehead atoms. The number of hydrazine groups is 2. The molecule has 0 radical (unpaired) electrons. The Hall–Kier alpha value is -0.300. The van der Waals surface area contributed by atoms with Gasteiger partial charge in [0.15, 0.2) is 0 Å². The van der Waals surface area contributed by atoms with Crippen LogP contribution in [0.2, 0.25) is 0 Å². The lowest BCUT2D eigenvalue weighted by atomic mass is 12.9. The number of halogens is 2. The quantitative estimate of drug-likeness (QED) is 0.173. The molecule has 6 heteroatoms. The first-order chi connectivity index (χ1) is 2.83. The molecule has 0 heterocycles. The van der Waals surface area contributed by atoms with Crippen molar-refractivity contribution in [1.82, 2.24) is 11.3 Å². The lowest BCUT2D eigenvalue weighted by Gasteiger charge is -1.55. The van der Waals surface area contributed by atoms with Crippen LogP contribution in [0.25, 0.3) is 0 Å². The average Bonchev–Trinajstić information content (AvgIpc) is 1.39. The number of rotatable bonds is 0. The Bertz CT molecular complexity index is 7.51. The van der Waals surface area contributed by atoms with Crippen molar-refractivity contribution in [1.29, 1.82) is 0 Å².